The first-order valence-electron chi connectivity index (χ1n) is 6.82. The van der Waals surface area contributed by atoms with Crippen molar-refractivity contribution < 1.29 is 4.57 Å². The summed E-state index contributed by atoms with van der Waals surface area (Å²) in [7, 11) is 2.06. The van der Waals surface area contributed by atoms with Crippen LogP contribution in [0.25, 0.3) is 33.3 Å². The van der Waals surface area contributed by atoms with E-state index in [1.165, 1.54) is 11.1 Å². The molecule has 4 heteroatoms. The topological polar surface area (TPSA) is 29.7 Å². The van der Waals surface area contributed by atoms with Crippen LogP contribution in [0.5, 0.6) is 0 Å². The summed E-state index contributed by atoms with van der Waals surface area (Å²) < 4.78 is 2.12. The smallest absolute Gasteiger partial charge is 0.214 e. The molecule has 21 heavy (non-hydrogen) atoms. The summed E-state index contributed by atoms with van der Waals surface area (Å²) >= 11 is 1.64. The largest absolute Gasteiger partial charge is 0.243 e. The molecule has 102 valence electrons. The van der Waals surface area contributed by atoms with Gasteiger partial charge in [-0.25, -0.2) is 9.97 Å². The van der Waals surface area contributed by atoms with E-state index in [2.05, 4.69) is 60.1 Å². The lowest BCUT2D eigenvalue weighted by Crippen LogP contribution is -2.30. The second-order valence-corrected chi connectivity index (χ2v) is 5.96. The van der Waals surface area contributed by atoms with Gasteiger partial charge in [-0.2, -0.15) is 4.57 Å². The Hall–Kier alpha value is -2.33. The van der Waals surface area contributed by atoms with E-state index in [4.69, 9.17) is 4.98 Å². The van der Waals surface area contributed by atoms with E-state index >= 15 is 0 Å². The summed E-state index contributed by atoms with van der Waals surface area (Å²) in [6.07, 6.45) is 2.06. The van der Waals surface area contributed by atoms with Gasteiger partial charge in [0.2, 0.25) is 5.69 Å². The molecule has 0 bridgehead atoms. The number of hydrogen-bond acceptors (Lipinski definition) is 3. The molecule has 0 amide bonds. The maximum atomic E-state index is 4.73. The number of nitrogens with zero attached hydrogens (tertiary/aromatic N) is 3. The fourth-order valence-electron chi connectivity index (χ4n) is 2.64. The molecular formula is C17H14N3S+. The Morgan fingerprint density at radius 1 is 0.952 bits per heavy atom. The Morgan fingerprint density at radius 2 is 1.67 bits per heavy atom. The molecule has 0 unspecified atom stereocenters. The average molecular weight is 292 g/mol. The van der Waals surface area contributed by atoms with Gasteiger partial charge >= 0.3 is 0 Å². The molecule has 0 aliphatic heterocycles. The normalized spacial score (nSPS) is 11.3. The predicted molar refractivity (Wildman–Crippen MR) is 86.3 cm³/mol. The van der Waals surface area contributed by atoms with E-state index in [1.807, 2.05) is 10.8 Å². The van der Waals surface area contributed by atoms with E-state index in [0.717, 1.165) is 27.8 Å². The van der Waals surface area contributed by atoms with Gasteiger partial charge in [-0.05, 0) is 18.6 Å². The van der Waals surface area contributed by atoms with Gasteiger partial charge in [0.1, 0.15) is 23.6 Å². The summed E-state index contributed by atoms with van der Waals surface area (Å²) in [5.41, 5.74) is 7.46. The quantitative estimate of drug-likeness (QED) is 0.501. The zero-order valence-electron chi connectivity index (χ0n) is 11.9. The first-order valence-corrected chi connectivity index (χ1v) is 7.76. The minimum Gasteiger partial charge on any atom is -0.243 e. The maximum Gasteiger partial charge on any atom is 0.214 e. The highest BCUT2D eigenvalue weighted by molar-refractivity contribution is 7.09. The Morgan fingerprint density at radius 3 is 2.43 bits per heavy atom. The Bertz CT molecular complexity index is 972. The van der Waals surface area contributed by atoms with Crippen LogP contribution in [0.3, 0.4) is 0 Å². The lowest BCUT2D eigenvalue weighted by molar-refractivity contribution is -0.659. The van der Waals surface area contributed by atoms with Crippen molar-refractivity contribution in [1.82, 2.24) is 9.97 Å². The van der Waals surface area contributed by atoms with Crippen molar-refractivity contribution in [2.45, 2.75) is 6.92 Å². The number of hydrogen-bond donors (Lipinski definition) is 0. The molecule has 4 rings (SSSR count). The van der Waals surface area contributed by atoms with Gasteiger partial charge < -0.3 is 0 Å². The second kappa shape index (κ2) is 4.60. The Balaban J connectivity index is 2.04. The van der Waals surface area contributed by atoms with E-state index in [-0.39, 0.29) is 0 Å². The zero-order valence-corrected chi connectivity index (χ0v) is 12.7. The van der Waals surface area contributed by atoms with Crippen molar-refractivity contribution in [3.05, 3.63) is 52.9 Å². The number of thiophene rings is 1. The number of aryl methyl sites for hydroxylation is 2. The van der Waals surface area contributed by atoms with E-state index in [1.54, 1.807) is 11.3 Å². The van der Waals surface area contributed by atoms with Gasteiger partial charge in [0.15, 0.2) is 11.7 Å². The molecule has 1 aromatic carbocycles. The first-order chi connectivity index (χ1) is 10.2. The van der Waals surface area contributed by atoms with Gasteiger partial charge in [-0.15, -0.1) is 11.3 Å². The minimum atomic E-state index is 0.931. The second-order valence-electron chi connectivity index (χ2n) is 5.22. The molecule has 4 aromatic rings. The first kappa shape index (κ1) is 12.4. The summed E-state index contributed by atoms with van der Waals surface area (Å²) in [5, 5.41) is 4.08. The molecular weight excluding hydrogens is 278 g/mol. The highest BCUT2D eigenvalue weighted by atomic mass is 32.1. The van der Waals surface area contributed by atoms with E-state index in [0.29, 0.717) is 0 Å². The van der Waals surface area contributed by atoms with Gasteiger partial charge in [0.25, 0.3) is 0 Å². The molecule has 0 radical (unpaired) electrons. The van der Waals surface area contributed by atoms with Crippen LogP contribution in [-0.2, 0) is 7.05 Å². The van der Waals surface area contributed by atoms with Crippen LogP contribution >= 0.6 is 11.3 Å². The molecule has 0 atom stereocenters. The van der Waals surface area contributed by atoms with Crippen molar-refractivity contribution in [3.63, 3.8) is 0 Å². The van der Waals surface area contributed by atoms with Crippen molar-refractivity contribution in [1.29, 1.82) is 0 Å². The van der Waals surface area contributed by atoms with Crippen LogP contribution in [0.1, 0.15) is 5.56 Å². The van der Waals surface area contributed by atoms with Crippen LogP contribution in [0, 0.1) is 6.92 Å². The molecule has 3 heterocycles. The van der Waals surface area contributed by atoms with Crippen molar-refractivity contribution in [2.24, 2.45) is 7.05 Å². The third kappa shape index (κ3) is 1.99. The van der Waals surface area contributed by atoms with Crippen molar-refractivity contribution in [3.8, 4) is 11.3 Å². The lowest BCUT2D eigenvalue weighted by Gasteiger charge is -2.05. The van der Waals surface area contributed by atoms with Crippen LogP contribution in [0.4, 0.5) is 0 Å². The zero-order chi connectivity index (χ0) is 14.4. The number of benzene rings is 1. The molecule has 3 aromatic heterocycles. The summed E-state index contributed by atoms with van der Waals surface area (Å²) in [6, 6.07) is 10.5. The minimum absolute atomic E-state index is 0.931. The molecule has 3 nitrogen and oxygen atoms in total. The van der Waals surface area contributed by atoms with Crippen LogP contribution < -0.4 is 4.57 Å². The molecule has 0 saturated carbocycles. The van der Waals surface area contributed by atoms with Gasteiger partial charge in [-0.3, -0.25) is 0 Å². The molecule has 0 aliphatic rings. The molecule has 0 fully saturated rings. The van der Waals surface area contributed by atoms with E-state index in [9.17, 15) is 0 Å². The monoisotopic (exact) mass is 292 g/mol. The third-order valence-corrected chi connectivity index (χ3v) is 4.48. The SMILES string of the molecule is Cc1ccccc1-c1cc2nc3cscc3nc2c[n+]1C. The highest BCUT2D eigenvalue weighted by Gasteiger charge is 2.15. The van der Waals surface area contributed by atoms with Crippen LogP contribution in [0.15, 0.2) is 47.3 Å². The van der Waals surface area contributed by atoms with Gasteiger partial charge in [-0.1, -0.05) is 18.2 Å². The molecule has 0 aliphatic carbocycles. The van der Waals surface area contributed by atoms with Gasteiger partial charge in [0, 0.05) is 22.4 Å². The fraction of sp³-hybridized carbons (Fsp3) is 0.118. The number of pyridine rings is 1. The molecule has 0 saturated heterocycles. The van der Waals surface area contributed by atoms with E-state index < -0.39 is 0 Å². The van der Waals surface area contributed by atoms with Crippen LogP contribution in [-0.4, -0.2) is 9.97 Å². The maximum absolute atomic E-state index is 4.73. The van der Waals surface area contributed by atoms with Gasteiger partial charge in [0.05, 0.1) is 0 Å². The predicted octanol–water partition coefficient (Wildman–Crippen LogP) is 3.64. The summed E-state index contributed by atoms with van der Waals surface area (Å²) in [5.74, 6) is 0. The standard InChI is InChI=1S/C17H14N3S/c1-11-5-3-4-6-12(11)17-7-13-14(8-20(17)2)19-16-10-21-9-15(16)18-13/h3-10H,1-2H3/q+1. The lowest BCUT2D eigenvalue weighted by atomic mass is 10.0. The summed E-state index contributed by atoms with van der Waals surface area (Å²) in [6.45, 7) is 2.13. The number of rotatable bonds is 1. The third-order valence-electron chi connectivity index (χ3n) is 3.76. The Labute approximate surface area is 126 Å². The molecule has 0 N–H and O–H groups in total. The number of fused-ring (bicyclic) bond motifs is 2. The number of aromatic nitrogens is 3. The van der Waals surface area contributed by atoms with Crippen LogP contribution in [0.2, 0.25) is 0 Å². The van der Waals surface area contributed by atoms with Crippen molar-refractivity contribution in [2.75, 3.05) is 0 Å². The van der Waals surface area contributed by atoms with Crippen molar-refractivity contribution >= 4 is 33.4 Å². The molecule has 0 spiro atoms. The fourth-order valence-corrected chi connectivity index (χ4v) is 3.31. The highest BCUT2D eigenvalue weighted by Crippen LogP contribution is 2.24. The average Bonchev–Trinajstić information content (AvgIpc) is 2.92. The Kier molecular flexibility index (Phi) is 2.72. The summed E-state index contributed by atoms with van der Waals surface area (Å²) in [4.78, 5) is 9.41.